The molecule has 2 amide bonds. The number of carbonyl (C=O) groups is 2. The Kier molecular flexibility index (Phi) is 6.17. The first-order valence-electron chi connectivity index (χ1n) is 9.23. The van der Waals surface area contributed by atoms with Crippen molar-refractivity contribution in [1.29, 1.82) is 0 Å². The van der Waals surface area contributed by atoms with Gasteiger partial charge in [-0.2, -0.15) is 4.57 Å². The summed E-state index contributed by atoms with van der Waals surface area (Å²) in [6.45, 7) is 3.32. The molecule has 142 valence electrons. The maximum atomic E-state index is 12.5. The molecule has 0 saturated carbocycles. The zero-order valence-corrected chi connectivity index (χ0v) is 16.1. The Labute approximate surface area is 165 Å². The molecule has 0 saturated heterocycles. The third-order valence-electron chi connectivity index (χ3n) is 4.47. The number of hydrogen-bond acceptors (Lipinski definition) is 2. The molecular weight excluding hydrogens is 350 g/mol. The second kappa shape index (κ2) is 8.95. The highest BCUT2D eigenvalue weighted by molar-refractivity contribution is 5.93. The first-order valence-corrected chi connectivity index (χ1v) is 9.23. The molecule has 0 unspecified atom stereocenters. The van der Waals surface area contributed by atoms with Crippen LogP contribution in [0, 0.1) is 0 Å². The zero-order valence-electron chi connectivity index (χ0n) is 16.1. The van der Waals surface area contributed by atoms with Gasteiger partial charge in [0.1, 0.15) is 0 Å². The minimum Gasteiger partial charge on any atom is -0.326 e. The fourth-order valence-electron chi connectivity index (χ4n) is 2.90. The monoisotopic (exact) mass is 374 g/mol. The molecule has 3 aromatic rings. The number of aromatic nitrogens is 1. The van der Waals surface area contributed by atoms with Crippen molar-refractivity contribution < 1.29 is 14.2 Å². The molecular formula is C23H24N3O2+. The molecule has 1 aromatic heterocycles. The SMILES string of the molecule is CC(=O)Nc1ccc(NC(=O)[C@@H](C)[n+]2ccc(Cc3ccccc3)cc2)cc1. The van der Waals surface area contributed by atoms with Crippen molar-refractivity contribution in [2.75, 3.05) is 10.6 Å². The summed E-state index contributed by atoms with van der Waals surface area (Å²) < 4.78 is 1.88. The Balaban J connectivity index is 1.60. The van der Waals surface area contributed by atoms with Crippen LogP contribution in [0.15, 0.2) is 79.1 Å². The van der Waals surface area contributed by atoms with Crippen molar-refractivity contribution in [2.24, 2.45) is 0 Å². The normalized spacial score (nSPS) is 11.5. The van der Waals surface area contributed by atoms with E-state index in [0.29, 0.717) is 11.4 Å². The number of hydrogen-bond donors (Lipinski definition) is 2. The number of amides is 2. The van der Waals surface area contributed by atoms with Crippen LogP contribution in [0.1, 0.15) is 31.0 Å². The van der Waals surface area contributed by atoms with Crippen LogP contribution in [-0.2, 0) is 16.0 Å². The Morgan fingerprint density at radius 1 is 0.821 bits per heavy atom. The van der Waals surface area contributed by atoms with E-state index in [0.717, 1.165) is 6.42 Å². The van der Waals surface area contributed by atoms with Crippen LogP contribution in [0.4, 0.5) is 11.4 Å². The Morgan fingerprint density at radius 2 is 1.36 bits per heavy atom. The van der Waals surface area contributed by atoms with Gasteiger partial charge in [-0.15, -0.1) is 0 Å². The molecule has 3 rings (SSSR count). The van der Waals surface area contributed by atoms with Gasteiger partial charge in [-0.05, 0) is 41.8 Å². The highest BCUT2D eigenvalue weighted by Gasteiger charge is 2.21. The fourth-order valence-corrected chi connectivity index (χ4v) is 2.90. The van der Waals surface area contributed by atoms with Crippen molar-refractivity contribution in [3.05, 3.63) is 90.3 Å². The molecule has 28 heavy (non-hydrogen) atoms. The molecule has 5 heteroatoms. The molecule has 0 bridgehead atoms. The number of nitrogens with zero attached hydrogens (tertiary/aromatic N) is 1. The van der Waals surface area contributed by atoms with Crippen molar-refractivity contribution in [1.82, 2.24) is 0 Å². The quantitative estimate of drug-likeness (QED) is 0.646. The average molecular weight is 374 g/mol. The van der Waals surface area contributed by atoms with Gasteiger partial charge in [0.15, 0.2) is 12.4 Å². The molecule has 1 atom stereocenters. The van der Waals surface area contributed by atoms with Gasteiger partial charge < -0.3 is 10.6 Å². The Morgan fingerprint density at radius 3 is 1.93 bits per heavy atom. The Hall–Kier alpha value is -3.47. The van der Waals surface area contributed by atoms with Crippen molar-refractivity contribution in [3.63, 3.8) is 0 Å². The van der Waals surface area contributed by atoms with Crippen molar-refractivity contribution >= 4 is 23.2 Å². The zero-order chi connectivity index (χ0) is 19.9. The maximum absolute atomic E-state index is 12.5. The first kappa shape index (κ1) is 19.3. The number of rotatable bonds is 6. The molecule has 2 aromatic carbocycles. The summed E-state index contributed by atoms with van der Waals surface area (Å²) in [6, 6.07) is 21.1. The molecule has 0 aliphatic rings. The fraction of sp³-hybridized carbons (Fsp3) is 0.174. The van der Waals surface area contributed by atoms with Crippen LogP contribution in [0.3, 0.4) is 0 Å². The summed E-state index contributed by atoms with van der Waals surface area (Å²) in [4.78, 5) is 23.6. The van der Waals surface area contributed by atoms with Gasteiger partial charge in [-0.25, -0.2) is 0 Å². The molecule has 5 nitrogen and oxygen atoms in total. The highest BCUT2D eigenvalue weighted by atomic mass is 16.2. The minimum absolute atomic E-state index is 0.104. The van der Waals surface area contributed by atoms with E-state index in [1.807, 2.05) is 54.2 Å². The van der Waals surface area contributed by atoms with Crippen LogP contribution in [0.5, 0.6) is 0 Å². The van der Waals surface area contributed by atoms with Gasteiger partial charge in [0, 0.05) is 37.4 Å². The van der Waals surface area contributed by atoms with Crippen LogP contribution in [0.2, 0.25) is 0 Å². The summed E-state index contributed by atoms with van der Waals surface area (Å²) in [5.74, 6) is -0.231. The summed E-state index contributed by atoms with van der Waals surface area (Å²) in [5, 5.41) is 5.60. The van der Waals surface area contributed by atoms with Crippen LogP contribution in [0.25, 0.3) is 0 Å². The smallest absolute Gasteiger partial charge is 0.293 e. The lowest BCUT2D eigenvalue weighted by Gasteiger charge is -2.10. The van der Waals surface area contributed by atoms with Gasteiger partial charge in [0.05, 0.1) is 0 Å². The molecule has 1 heterocycles. The molecule has 0 spiro atoms. The molecule has 0 fully saturated rings. The third kappa shape index (κ3) is 5.27. The second-order valence-corrected chi connectivity index (χ2v) is 6.74. The summed E-state index contributed by atoms with van der Waals surface area (Å²) in [7, 11) is 0. The predicted molar refractivity (Wildman–Crippen MR) is 110 cm³/mol. The molecule has 0 radical (unpaired) electrons. The van der Waals surface area contributed by atoms with Crippen LogP contribution < -0.4 is 15.2 Å². The summed E-state index contributed by atoms with van der Waals surface area (Å²) in [5.41, 5.74) is 3.84. The van der Waals surface area contributed by atoms with Crippen molar-refractivity contribution in [3.8, 4) is 0 Å². The lowest BCUT2D eigenvalue weighted by Crippen LogP contribution is -2.44. The van der Waals surface area contributed by atoms with E-state index >= 15 is 0 Å². The lowest BCUT2D eigenvalue weighted by molar-refractivity contribution is -0.705. The van der Waals surface area contributed by atoms with E-state index in [2.05, 4.69) is 22.8 Å². The third-order valence-corrected chi connectivity index (χ3v) is 4.47. The van der Waals surface area contributed by atoms with E-state index < -0.39 is 0 Å². The van der Waals surface area contributed by atoms with E-state index in [1.54, 1.807) is 24.3 Å². The first-order chi connectivity index (χ1) is 13.5. The van der Waals surface area contributed by atoms with Gasteiger partial charge in [-0.1, -0.05) is 30.3 Å². The second-order valence-electron chi connectivity index (χ2n) is 6.74. The summed E-state index contributed by atoms with van der Waals surface area (Å²) >= 11 is 0. The van der Waals surface area contributed by atoms with Gasteiger partial charge >= 0.3 is 0 Å². The molecule has 0 aliphatic heterocycles. The predicted octanol–water partition coefficient (Wildman–Crippen LogP) is 3.72. The maximum Gasteiger partial charge on any atom is 0.293 e. The highest BCUT2D eigenvalue weighted by Crippen LogP contribution is 2.15. The number of benzene rings is 2. The minimum atomic E-state index is -0.346. The van der Waals surface area contributed by atoms with Gasteiger partial charge in [-0.3, -0.25) is 9.59 Å². The molecule has 0 aliphatic carbocycles. The number of nitrogens with one attached hydrogen (secondary N) is 2. The van der Waals surface area contributed by atoms with Gasteiger partial charge in [0.25, 0.3) is 5.91 Å². The summed E-state index contributed by atoms with van der Waals surface area (Å²) in [6.07, 6.45) is 4.73. The van der Waals surface area contributed by atoms with Gasteiger partial charge in [0.2, 0.25) is 11.9 Å². The Bertz CT molecular complexity index is 936. The number of anilines is 2. The van der Waals surface area contributed by atoms with Crippen LogP contribution >= 0.6 is 0 Å². The number of pyridine rings is 1. The van der Waals surface area contributed by atoms with E-state index in [4.69, 9.17) is 0 Å². The lowest BCUT2D eigenvalue weighted by atomic mass is 10.1. The standard InChI is InChI=1S/C23H23N3O2/c1-17(23(28)25-22-10-8-21(9-11-22)24-18(2)27)26-14-12-20(13-15-26)16-19-6-4-3-5-7-19/h3-15,17H,16H2,1-2H3,(H-,24,25,27,28)/p+1/t17-/m1/s1. The van der Waals surface area contributed by atoms with Crippen molar-refractivity contribution in [2.45, 2.75) is 26.3 Å². The van der Waals surface area contributed by atoms with E-state index in [-0.39, 0.29) is 17.9 Å². The molecule has 2 N–H and O–H groups in total. The number of carbonyl (C=O) groups excluding carboxylic acids is 2. The van der Waals surface area contributed by atoms with E-state index in [9.17, 15) is 9.59 Å². The largest absolute Gasteiger partial charge is 0.326 e. The average Bonchev–Trinajstić information content (AvgIpc) is 2.70. The van der Waals surface area contributed by atoms with Crippen LogP contribution in [-0.4, -0.2) is 11.8 Å². The topological polar surface area (TPSA) is 62.1 Å². The van der Waals surface area contributed by atoms with E-state index in [1.165, 1.54) is 18.1 Å².